The zero-order valence-electron chi connectivity index (χ0n) is 13.7. The predicted molar refractivity (Wildman–Crippen MR) is 99.9 cm³/mol. The Morgan fingerprint density at radius 3 is 2.62 bits per heavy atom. The summed E-state index contributed by atoms with van der Waals surface area (Å²) in [6.07, 6.45) is 4.63. The Balaban J connectivity index is 1.69. The molecule has 0 N–H and O–H groups in total. The Morgan fingerprint density at radius 2 is 1.92 bits per heavy atom. The highest BCUT2D eigenvalue weighted by molar-refractivity contribution is 7.13. The standard InChI is InChI=1S/C19H18N4S/c1-22(2)16-7-5-14(6-8-16)12-15-13-21-23-17(9-10-20-19(15)23)18-4-3-11-24-18/h3-11,13H,12H2,1-2H3. The zero-order chi connectivity index (χ0) is 16.5. The van der Waals surface area contributed by atoms with Crippen molar-refractivity contribution in [3.05, 3.63) is 71.4 Å². The van der Waals surface area contributed by atoms with Gasteiger partial charge in [0.25, 0.3) is 0 Å². The number of hydrogen-bond donors (Lipinski definition) is 0. The molecule has 5 heteroatoms. The highest BCUT2D eigenvalue weighted by Gasteiger charge is 2.11. The fraction of sp³-hybridized carbons (Fsp3) is 0.158. The molecule has 0 spiro atoms. The van der Waals surface area contributed by atoms with Gasteiger partial charge in [0.15, 0.2) is 5.65 Å². The van der Waals surface area contributed by atoms with Crippen LogP contribution >= 0.6 is 11.3 Å². The first-order valence-corrected chi connectivity index (χ1v) is 8.72. The quantitative estimate of drug-likeness (QED) is 0.563. The Hall–Kier alpha value is -2.66. The van der Waals surface area contributed by atoms with Gasteiger partial charge in [-0.05, 0) is 35.2 Å². The first-order chi connectivity index (χ1) is 11.7. The van der Waals surface area contributed by atoms with E-state index in [9.17, 15) is 0 Å². The molecule has 1 aromatic carbocycles. The molecule has 3 aromatic heterocycles. The summed E-state index contributed by atoms with van der Waals surface area (Å²) in [4.78, 5) is 7.86. The molecular formula is C19H18N4S. The summed E-state index contributed by atoms with van der Waals surface area (Å²) in [5.74, 6) is 0. The number of anilines is 1. The van der Waals surface area contributed by atoms with E-state index in [1.807, 2.05) is 23.0 Å². The average molecular weight is 334 g/mol. The minimum absolute atomic E-state index is 0.831. The monoisotopic (exact) mass is 334 g/mol. The van der Waals surface area contributed by atoms with Gasteiger partial charge in [-0.15, -0.1) is 11.3 Å². The van der Waals surface area contributed by atoms with Crippen LogP contribution in [0.25, 0.3) is 16.2 Å². The van der Waals surface area contributed by atoms with Crippen LogP contribution in [0.3, 0.4) is 0 Å². The summed E-state index contributed by atoms with van der Waals surface area (Å²) in [5.41, 5.74) is 5.63. The molecule has 0 amide bonds. The van der Waals surface area contributed by atoms with E-state index >= 15 is 0 Å². The molecule has 4 aromatic rings. The van der Waals surface area contributed by atoms with Gasteiger partial charge in [-0.1, -0.05) is 18.2 Å². The van der Waals surface area contributed by atoms with Crippen molar-refractivity contribution in [1.29, 1.82) is 0 Å². The van der Waals surface area contributed by atoms with Crippen molar-refractivity contribution in [2.75, 3.05) is 19.0 Å². The molecule has 0 radical (unpaired) electrons. The number of nitrogens with zero attached hydrogens (tertiary/aromatic N) is 4. The lowest BCUT2D eigenvalue weighted by Gasteiger charge is -2.12. The maximum atomic E-state index is 4.57. The molecule has 0 bridgehead atoms. The highest BCUT2D eigenvalue weighted by atomic mass is 32.1. The lowest BCUT2D eigenvalue weighted by molar-refractivity contribution is 0.950. The second-order valence-corrected chi connectivity index (χ2v) is 6.90. The van der Waals surface area contributed by atoms with Gasteiger partial charge < -0.3 is 4.90 Å². The lowest BCUT2D eigenvalue weighted by Crippen LogP contribution is -2.08. The fourth-order valence-electron chi connectivity index (χ4n) is 2.81. The van der Waals surface area contributed by atoms with E-state index in [0.29, 0.717) is 0 Å². The molecule has 4 rings (SSSR count). The van der Waals surface area contributed by atoms with Gasteiger partial charge in [-0.2, -0.15) is 5.10 Å². The number of thiophene rings is 1. The van der Waals surface area contributed by atoms with Crippen LogP contribution in [0.5, 0.6) is 0 Å². The van der Waals surface area contributed by atoms with Gasteiger partial charge >= 0.3 is 0 Å². The fourth-order valence-corrected chi connectivity index (χ4v) is 3.54. The summed E-state index contributed by atoms with van der Waals surface area (Å²) in [5, 5.41) is 6.65. The molecule has 0 aliphatic heterocycles. The van der Waals surface area contributed by atoms with Crippen LogP contribution < -0.4 is 4.90 Å². The van der Waals surface area contributed by atoms with E-state index < -0.39 is 0 Å². The number of fused-ring (bicyclic) bond motifs is 1. The Labute approximate surface area is 145 Å². The van der Waals surface area contributed by atoms with E-state index in [1.165, 1.54) is 16.1 Å². The molecule has 0 atom stereocenters. The lowest BCUT2D eigenvalue weighted by atomic mass is 10.1. The maximum absolute atomic E-state index is 4.57. The molecule has 24 heavy (non-hydrogen) atoms. The van der Waals surface area contributed by atoms with Crippen molar-refractivity contribution in [2.45, 2.75) is 6.42 Å². The van der Waals surface area contributed by atoms with Gasteiger partial charge in [0.1, 0.15) is 0 Å². The first kappa shape index (κ1) is 14.9. The Bertz CT molecular complexity index is 953. The van der Waals surface area contributed by atoms with Crippen molar-refractivity contribution in [2.24, 2.45) is 0 Å². The van der Waals surface area contributed by atoms with E-state index in [-0.39, 0.29) is 0 Å². The van der Waals surface area contributed by atoms with Gasteiger partial charge in [-0.3, -0.25) is 0 Å². The second kappa shape index (κ2) is 6.09. The normalized spacial score (nSPS) is 11.1. The topological polar surface area (TPSA) is 33.4 Å². The third kappa shape index (κ3) is 2.67. The second-order valence-electron chi connectivity index (χ2n) is 5.95. The molecule has 0 saturated heterocycles. The minimum atomic E-state index is 0.831. The first-order valence-electron chi connectivity index (χ1n) is 7.84. The zero-order valence-corrected chi connectivity index (χ0v) is 14.5. The number of hydrogen-bond acceptors (Lipinski definition) is 4. The van der Waals surface area contributed by atoms with Gasteiger partial charge in [0.05, 0.1) is 16.8 Å². The average Bonchev–Trinajstić information content (AvgIpc) is 3.25. The van der Waals surface area contributed by atoms with E-state index in [1.54, 1.807) is 11.3 Å². The highest BCUT2D eigenvalue weighted by Crippen LogP contribution is 2.26. The van der Waals surface area contributed by atoms with Gasteiger partial charge in [0, 0.05) is 38.0 Å². The third-order valence-electron chi connectivity index (χ3n) is 4.10. The van der Waals surface area contributed by atoms with E-state index in [2.05, 4.69) is 70.9 Å². The largest absolute Gasteiger partial charge is 0.378 e. The smallest absolute Gasteiger partial charge is 0.159 e. The summed E-state index contributed by atoms with van der Waals surface area (Å²) in [7, 11) is 4.10. The minimum Gasteiger partial charge on any atom is -0.378 e. The van der Waals surface area contributed by atoms with Gasteiger partial charge in [-0.25, -0.2) is 9.50 Å². The predicted octanol–water partition coefficient (Wildman–Crippen LogP) is 4.11. The van der Waals surface area contributed by atoms with E-state index in [4.69, 9.17) is 0 Å². The Morgan fingerprint density at radius 1 is 1.08 bits per heavy atom. The molecule has 0 fully saturated rings. The van der Waals surface area contributed by atoms with Crippen LogP contribution in [0.1, 0.15) is 11.1 Å². The summed E-state index contributed by atoms with van der Waals surface area (Å²) < 4.78 is 1.94. The van der Waals surface area contributed by atoms with Gasteiger partial charge in [0.2, 0.25) is 0 Å². The molecule has 0 unspecified atom stereocenters. The summed E-state index contributed by atoms with van der Waals surface area (Å²) in [6.45, 7) is 0. The van der Waals surface area contributed by atoms with Crippen LogP contribution in [0.2, 0.25) is 0 Å². The molecule has 0 aliphatic carbocycles. The molecule has 120 valence electrons. The number of benzene rings is 1. The molecule has 0 saturated carbocycles. The summed E-state index contributed by atoms with van der Waals surface area (Å²) in [6, 6.07) is 14.8. The van der Waals surface area contributed by atoms with Crippen LogP contribution in [0.4, 0.5) is 5.69 Å². The molecule has 4 nitrogen and oxygen atoms in total. The van der Waals surface area contributed by atoms with Crippen LogP contribution in [-0.4, -0.2) is 28.7 Å². The van der Waals surface area contributed by atoms with Crippen molar-refractivity contribution in [1.82, 2.24) is 14.6 Å². The molecule has 3 heterocycles. The Kier molecular flexibility index (Phi) is 3.78. The van der Waals surface area contributed by atoms with E-state index in [0.717, 1.165) is 23.3 Å². The van der Waals surface area contributed by atoms with Crippen molar-refractivity contribution >= 4 is 22.7 Å². The number of rotatable bonds is 4. The molecular weight excluding hydrogens is 316 g/mol. The van der Waals surface area contributed by atoms with Crippen molar-refractivity contribution in [3.8, 4) is 10.6 Å². The third-order valence-corrected chi connectivity index (χ3v) is 4.99. The van der Waals surface area contributed by atoms with Crippen molar-refractivity contribution in [3.63, 3.8) is 0 Å². The maximum Gasteiger partial charge on any atom is 0.159 e. The van der Waals surface area contributed by atoms with Crippen LogP contribution in [0, 0.1) is 0 Å². The number of aromatic nitrogens is 3. The van der Waals surface area contributed by atoms with Crippen LogP contribution in [0.15, 0.2) is 60.2 Å². The SMILES string of the molecule is CN(C)c1ccc(Cc2cnn3c(-c4cccs4)ccnc23)cc1. The molecule has 0 aliphatic rings. The van der Waals surface area contributed by atoms with Crippen LogP contribution in [-0.2, 0) is 6.42 Å². The summed E-state index contributed by atoms with van der Waals surface area (Å²) >= 11 is 1.72. The van der Waals surface area contributed by atoms with Crippen molar-refractivity contribution < 1.29 is 0 Å².